The van der Waals surface area contributed by atoms with Crippen LogP contribution in [0.3, 0.4) is 0 Å². The van der Waals surface area contributed by atoms with Crippen molar-refractivity contribution in [3.8, 4) is 5.75 Å². The van der Waals surface area contributed by atoms with Crippen molar-refractivity contribution in [1.29, 1.82) is 0 Å². The Morgan fingerprint density at radius 1 is 1.29 bits per heavy atom. The van der Waals surface area contributed by atoms with Crippen molar-refractivity contribution < 1.29 is 13.2 Å². The number of benzene rings is 1. The van der Waals surface area contributed by atoms with E-state index >= 15 is 0 Å². The smallest absolute Gasteiger partial charge is 0.264 e. The van der Waals surface area contributed by atoms with Gasteiger partial charge in [-0.25, -0.2) is 8.42 Å². The molecule has 0 fully saturated rings. The zero-order chi connectivity index (χ0) is 15.5. The summed E-state index contributed by atoms with van der Waals surface area (Å²) in [6.07, 6.45) is 0. The first-order valence-corrected chi connectivity index (χ1v) is 8.88. The molecule has 9 heteroatoms. The van der Waals surface area contributed by atoms with Crippen LogP contribution in [0.1, 0.15) is 0 Å². The van der Waals surface area contributed by atoms with Crippen LogP contribution in [0.2, 0.25) is 8.67 Å². The van der Waals surface area contributed by atoms with Gasteiger partial charge in [0.05, 0.1) is 10.0 Å². The van der Waals surface area contributed by atoms with Crippen molar-refractivity contribution in [1.82, 2.24) is 0 Å². The summed E-state index contributed by atoms with van der Waals surface area (Å²) in [5.41, 5.74) is 5.71. The zero-order valence-corrected chi connectivity index (χ0v) is 13.8. The van der Waals surface area contributed by atoms with Crippen LogP contribution in [0.4, 0.5) is 5.69 Å². The van der Waals surface area contributed by atoms with E-state index in [1.807, 2.05) is 0 Å². The summed E-state index contributed by atoms with van der Waals surface area (Å²) in [5, 5.41) is 0. The molecule has 0 aliphatic carbocycles. The lowest BCUT2D eigenvalue weighted by Crippen LogP contribution is -2.13. The molecule has 2 rings (SSSR count). The lowest BCUT2D eigenvalue weighted by molar-refractivity contribution is 0.328. The van der Waals surface area contributed by atoms with E-state index in [1.54, 1.807) is 24.3 Å². The third kappa shape index (κ3) is 4.24. The molecule has 3 N–H and O–H groups in total. The second-order valence-electron chi connectivity index (χ2n) is 3.96. The van der Waals surface area contributed by atoms with E-state index in [1.165, 1.54) is 6.07 Å². The Bertz CT molecular complexity index is 732. The van der Waals surface area contributed by atoms with Crippen LogP contribution in [0.25, 0.3) is 0 Å². The highest BCUT2D eigenvalue weighted by molar-refractivity contribution is 7.93. The molecule has 0 saturated heterocycles. The molecule has 2 aromatic rings. The molecule has 0 saturated carbocycles. The molecule has 21 heavy (non-hydrogen) atoms. The van der Waals surface area contributed by atoms with Crippen LogP contribution in [0.5, 0.6) is 5.75 Å². The van der Waals surface area contributed by atoms with Gasteiger partial charge in [0.1, 0.15) is 21.6 Å². The van der Waals surface area contributed by atoms with E-state index in [4.69, 9.17) is 33.7 Å². The molecule has 1 aromatic carbocycles. The summed E-state index contributed by atoms with van der Waals surface area (Å²) in [7, 11) is -3.80. The zero-order valence-electron chi connectivity index (χ0n) is 10.7. The predicted octanol–water partition coefficient (Wildman–Crippen LogP) is 3.19. The summed E-state index contributed by atoms with van der Waals surface area (Å²) >= 11 is 12.6. The second kappa shape index (κ2) is 6.85. The largest absolute Gasteiger partial charge is 0.492 e. The molecular formula is C12H12Cl2N2O3S2. The average molecular weight is 367 g/mol. The minimum absolute atomic E-state index is 0.0487. The third-order valence-electron chi connectivity index (χ3n) is 2.39. The number of hydrogen-bond acceptors (Lipinski definition) is 5. The molecule has 0 aliphatic rings. The molecule has 0 amide bonds. The minimum Gasteiger partial charge on any atom is -0.492 e. The highest BCUT2D eigenvalue weighted by Crippen LogP contribution is 2.35. The van der Waals surface area contributed by atoms with E-state index in [-0.39, 0.29) is 9.23 Å². The summed E-state index contributed by atoms with van der Waals surface area (Å²) < 4.78 is 32.7. The normalized spacial score (nSPS) is 11.4. The van der Waals surface area contributed by atoms with E-state index in [0.717, 1.165) is 11.3 Å². The molecule has 0 atom stereocenters. The summed E-state index contributed by atoms with van der Waals surface area (Å²) in [6, 6.07) is 7.86. The van der Waals surface area contributed by atoms with Crippen LogP contribution in [-0.4, -0.2) is 21.6 Å². The number of halogens is 2. The van der Waals surface area contributed by atoms with Crippen molar-refractivity contribution in [2.24, 2.45) is 5.73 Å². The number of nitrogens with two attached hydrogens (primary N) is 1. The fraction of sp³-hybridized carbons (Fsp3) is 0.167. The first-order chi connectivity index (χ1) is 9.92. The van der Waals surface area contributed by atoms with E-state index in [9.17, 15) is 8.42 Å². The summed E-state index contributed by atoms with van der Waals surface area (Å²) in [6.45, 7) is 0.723. The Morgan fingerprint density at radius 3 is 2.67 bits per heavy atom. The lowest BCUT2D eigenvalue weighted by Gasteiger charge is -2.09. The molecule has 0 radical (unpaired) electrons. The standard InChI is InChI=1S/C12H12Cl2N2O3S2/c13-11-7-10(12(14)20-11)21(17,18)16-8-2-1-3-9(6-8)19-5-4-15/h1-3,6-7,16H,4-5,15H2. The molecule has 0 unspecified atom stereocenters. The monoisotopic (exact) mass is 366 g/mol. The Labute approximate surface area is 136 Å². The van der Waals surface area contributed by atoms with Gasteiger partial charge >= 0.3 is 0 Å². The number of sulfonamides is 1. The summed E-state index contributed by atoms with van der Waals surface area (Å²) in [4.78, 5) is -0.0487. The highest BCUT2D eigenvalue weighted by Gasteiger charge is 2.21. The maximum Gasteiger partial charge on any atom is 0.264 e. The third-order valence-corrected chi connectivity index (χ3v) is 5.52. The van der Waals surface area contributed by atoms with Crippen molar-refractivity contribution in [3.05, 3.63) is 39.0 Å². The number of thiophene rings is 1. The molecule has 5 nitrogen and oxygen atoms in total. The van der Waals surface area contributed by atoms with Gasteiger partial charge in [-0.15, -0.1) is 11.3 Å². The number of hydrogen-bond donors (Lipinski definition) is 2. The fourth-order valence-electron chi connectivity index (χ4n) is 1.54. The first-order valence-electron chi connectivity index (χ1n) is 5.83. The second-order valence-corrected chi connectivity index (χ2v) is 7.90. The molecular weight excluding hydrogens is 355 g/mol. The number of ether oxygens (including phenoxy) is 1. The molecule has 0 bridgehead atoms. The fourth-order valence-corrected chi connectivity index (χ4v) is 4.74. The molecule has 1 aromatic heterocycles. The van der Waals surface area contributed by atoms with E-state index in [2.05, 4.69) is 4.72 Å². The van der Waals surface area contributed by atoms with Crippen molar-refractivity contribution in [2.75, 3.05) is 17.9 Å². The maximum atomic E-state index is 12.3. The van der Waals surface area contributed by atoms with Crippen molar-refractivity contribution in [2.45, 2.75) is 4.90 Å². The number of nitrogens with one attached hydrogen (secondary N) is 1. The summed E-state index contributed by atoms with van der Waals surface area (Å²) in [5.74, 6) is 0.523. The number of rotatable bonds is 6. The Balaban J connectivity index is 2.22. The molecule has 1 heterocycles. The minimum atomic E-state index is -3.80. The maximum absolute atomic E-state index is 12.3. The SMILES string of the molecule is NCCOc1cccc(NS(=O)(=O)c2cc(Cl)sc2Cl)c1. The topological polar surface area (TPSA) is 81.4 Å². The molecule has 0 aliphatic heterocycles. The van der Waals surface area contributed by atoms with E-state index < -0.39 is 10.0 Å². The van der Waals surface area contributed by atoms with E-state index in [0.29, 0.717) is 28.9 Å². The quantitative estimate of drug-likeness (QED) is 0.822. The van der Waals surface area contributed by atoms with Crippen LogP contribution in [0, 0.1) is 0 Å². The molecule has 0 spiro atoms. The predicted molar refractivity (Wildman–Crippen MR) is 86.1 cm³/mol. The van der Waals surface area contributed by atoms with Gasteiger partial charge in [-0.1, -0.05) is 29.3 Å². The highest BCUT2D eigenvalue weighted by atomic mass is 35.5. The first kappa shape index (κ1) is 16.4. The van der Waals surface area contributed by atoms with Crippen LogP contribution in [-0.2, 0) is 10.0 Å². The van der Waals surface area contributed by atoms with Crippen LogP contribution >= 0.6 is 34.5 Å². The van der Waals surface area contributed by atoms with Crippen LogP contribution in [0.15, 0.2) is 35.2 Å². The number of anilines is 1. The van der Waals surface area contributed by atoms with Crippen molar-refractivity contribution in [3.63, 3.8) is 0 Å². The Kier molecular flexibility index (Phi) is 5.34. The van der Waals surface area contributed by atoms with Gasteiger partial charge < -0.3 is 10.5 Å². The van der Waals surface area contributed by atoms with Gasteiger partial charge in [0.25, 0.3) is 10.0 Å². The Morgan fingerprint density at radius 2 is 2.05 bits per heavy atom. The van der Waals surface area contributed by atoms with Gasteiger partial charge in [-0.2, -0.15) is 0 Å². The van der Waals surface area contributed by atoms with Gasteiger partial charge in [0.2, 0.25) is 0 Å². The van der Waals surface area contributed by atoms with Gasteiger partial charge in [-0.05, 0) is 18.2 Å². The lowest BCUT2D eigenvalue weighted by atomic mass is 10.3. The average Bonchev–Trinajstić information content (AvgIpc) is 2.76. The van der Waals surface area contributed by atoms with Crippen LogP contribution < -0.4 is 15.2 Å². The van der Waals surface area contributed by atoms with Gasteiger partial charge in [0.15, 0.2) is 0 Å². The van der Waals surface area contributed by atoms with Gasteiger partial charge in [-0.3, -0.25) is 4.72 Å². The molecule has 114 valence electrons. The van der Waals surface area contributed by atoms with Gasteiger partial charge in [0, 0.05) is 12.6 Å². The Hall–Kier alpha value is -0.990. The van der Waals surface area contributed by atoms with Crippen molar-refractivity contribution >= 4 is 50.2 Å².